The van der Waals surface area contributed by atoms with Gasteiger partial charge in [-0.15, -0.1) is 0 Å². The molecule has 0 saturated carbocycles. The molecule has 2 heterocycles. The molecule has 2 N–H and O–H groups in total. The molecule has 2 aromatic heterocycles. The van der Waals surface area contributed by atoms with Crippen molar-refractivity contribution in [3.8, 4) is 11.3 Å². The summed E-state index contributed by atoms with van der Waals surface area (Å²) in [5.41, 5.74) is 1.57. The zero-order valence-corrected chi connectivity index (χ0v) is 12.0. The van der Waals surface area contributed by atoms with E-state index in [0.29, 0.717) is 28.2 Å². The molecule has 1 aromatic carbocycles. The zero-order chi connectivity index (χ0) is 15.5. The lowest BCUT2D eigenvalue weighted by molar-refractivity contribution is 0.271. The molecule has 1 atom stereocenters. The second-order valence-electron chi connectivity index (χ2n) is 4.87. The summed E-state index contributed by atoms with van der Waals surface area (Å²) in [6, 6.07) is 5.82. The number of benzene rings is 1. The van der Waals surface area contributed by atoms with E-state index in [4.69, 9.17) is 4.52 Å². The summed E-state index contributed by atoms with van der Waals surface area (Å²) in [6.45, 7) is 1.94. The highest BCUT2D eigenvalue weighted by Gasteiger charge is 2.18. The fourth-order valence-electron chi connectivity index (χ4n) is 2.17. The van der Waals surface area contributed by atoms with Crippen molar-refractivity contribution in [2.75, 3.05) is 11.9 Å². The number of halogens is 1. The van der Waals surface area contributed by atoms with Gasteiger partial charge in [0, 0.05) is 5.56 Å². The topological polar surface area (TPSA) is 84.1 Å². The minimum Gasteiger partial charge on any atom is -0.394 e. The third kappa shape index (κ3) is 2.62. The van der Waals surface area contributed by atoms with Gasteiger partial charge in [-0.05, 0) is 30.7 Å². The molecule has 3 aromatic rings. The van der Waals surface area contributed by atoms with Gasteiger partial charge in [0.15, 0.2) is 0 Å². The van der Waals surface area contributed by atoms with E-state index < -0.39 is 0 Å². The van der Waals surface area contributed by atoms with Crippen LogP contribution in [-0.4, -0.2) is 32.9 Å². The maximum atomic E-state index is 13.1. The van der Waals surface area contributed by atoms with Crippen LogP contribution >= 0.6 is 0 Å². The molecule has 0 spiro atoms. The molecule has 0 saturated heterocycles. The first-order valence-corrected chi connectivity index (χ1v) is 6.96. The summed E-state index contributed by atoms with van der Waals surface area (Å²) >= 11 is 0. The van der Waals surface area contributed by atoms with E-state index in [2.05, 4.69) is 20.4 Å². The average molecular weight is 302 g/mol. The molecule has 7 heteroatoms. The van der Waals surface area contributed by atoms with E-state index in [1.54, 1.807) is 12.1 Å². The minimum absolute atomic E-state index is 0.0147. The number of aliphatic hydroxyl groups is 1. The Morgan fingerprint density at radius 1 is 1.27 bits per heavy atom. The summed E-state index contributed by atoms with van der Waals surface area (Å²) in [6.07, 6.45) is 2.10. The number of hydrogen-bond donors (Lipinski definition) is 2. The largest absolute Gasteiger partial charge is 0.394 e. The Morgan fingerprint density at radius 2 is 2.05 bits per heavy atom. The van der Waals surface area contributed by atoms with Crippen molar-refractivity contribution in [3.05, 3.63) is 36.4 Å². The van der Waals surface area contributed by atoms with E-state index >= 15 is 0 Å². The molecule has 0 radical (unpaired) electrons. The first-order valence-electron chi connectivity index (χ1n) is 6.96. The molecule has 0 aliphatic carbocycles. The third-order valence-electron chi connectivity index (χ3n) is 3.44. The summed E-state index contributed by atoms with van der Waals surface area (Å²) in [5.74, 6) is 0.212. The Balaban J connectivity index is 2.10. The van der Waals surface area contributed by atoms with Gasteiger partial charge < -0.3 is 14.9 Å². The first kappa shape index (κ1) is 14.4. The van der Waals surface area contributed by atoms with Gasteiger partial charge in [-0.25, -0.2) is 9.37 Å². The van der Waals surface area contributed by atoms with Crippen LogP contribution in [0.1, 0.15) is 13.3 Å². The van der Waals surface area contributed by atoms with E-state index in [1.807, 2.05) is 6.92 Å². The van der Waals surface area contributed by atoms with E-state index in [0.717, 1.165) is 6.42 Å². The van der Waals surface area contributed by atoms with E-state index in [-0.39, 0.29) is 18.5 Å². The fourth-order valence-corrected chi connectivity index (χ4v) is 2.17. The molecule has 0 fully saturated rings. The Kier molecular flexibility index (Phi) is 3.97. The predicted octanol–water partition coefficient (Wildman–Crippen LogP) is 2.61. The first-order chi connectivity index (χ1) is 10.7. The van der Waals surface area contributed by atoms with Gasteiger partial charge in [-0.3, -0.25) is 0 Å². The number of nitrogens with one attached hydrogen (secondary N) is 1. The second kappa shape index (κ2) is 6.07. The summed E-state index contributed by atoms with van der Waals surface area (Å²) in [4.78, 5) is 8.26. The zero-order valence-electron chi connectivity index (χ0n) is 12.0. The van der Waals surface area contributed by atoms with Crippen molar-refractivity contribution in [2.24, 2.45) is 0 Å². The van der Waals surface area contributed by atoms with Crippen molar-refractivity contribution >= 4 is 16.9 Å². The molecule has 0 aliphatic rings. The highest BCUT2D eigenvalue weighted by atomic mass is 19.1. The predicted molar refractivity (Wildman–Crippen MR) is 79.8 cm³/mol. The fraction of sp³-hybridized carbons (Fsp3) is 0.267. The van der Waals surface area contributed by atoms with Gasteiger partial charge in [-0.2, -0.15) is 4.98 Å². The van der Waals surface area contributed by atoms with Gasteiger partial charge in [0.2, 0.25) is 0 Å². The molecular formula is C15H15FN4O2. The van der Waals surface area contributed by atoms with Gasteiger partial charge in [0.05, 0.1) is 12.6 Å². The number of hydrogen-bond acceptors (Lipinski definition) is 6. The molecule has 114 valence electrons. The molecule has 6 nitrogen and oxygen atoms in total. The Hall–Kier alpha value is -2.54. The lowest BCUT2D eigenvalue weighted by atomic mass is 10.1. The Bertz CT molecular complexity index is 769. The van der Waals surface area contributed by atoms with Crippen LogP contribution in [0.25, 0.3) is 22.4 Å². The summed E-state index contributed by atoms with van der Waals surface area (Å²) in [7, 11) is 0. The Morgan fingerprint density at radius 3 is 2.73 bits per heavy atom. The number of aromatic nitrogens is 3. The van der Waals surface area contributed by atoms with Crippen LogP contribution in [0.2, 0.25) is 0 Å². The quantitative estimate of drug-likeness (QED) is 0.753. The standard InChI is InChI=1S/C15H15FN4O2/c1-2-11(7-21)19-14-12-13(9-3-5-10(16)6-4-9)20-22-15(12)18-8-17-14/h3-6,8,11,21H,2,7H2,1H3,(H,17,18,19)/t11-/m1/s1. The van der Waals surface area contributed by atoms with Crippen molar-refractivity contribution in [2.45, 2.75) is 19.4 Å². The van der Waals surface area contributed by atoms with Gasteiger partial charge in [-0.1, -0.05) is 12.1 Å². The van der Waals surface area contributed by atoms with Crippen molar-refractivity contribution < 1.29 is 14.0 Å². The van der Waals surface area contributed by atoms with Crippen LogP contribution in [0.3, 0.4) is 0 Å². The van der Waals surface area contributed by atoms with Crippen LogP contribution in [-0.2, 0) is 0 Å². The normalized spacial score (nSPS) is 12.5. The molecule has 0 bridgehead atoms. The molecular weight excluding hydrogens is 287 g/mol. The monoisotopic (exact) mass is 302 g/mol. The summed E-state index contributed by atoms with van der Waals surface area (Å²) < 4.78 is 18.3. The Labute approximate surface area is 126 Å². The number of aliphatic hydroxyl groups excluding tert-OH is 1. The maximum absolute atomic E-state index is 13.1. The van der Waals surface area contributed by atoms with Crippen molar-refractivity contribution in [3.63, 3.8) is 0 Å². The van der Waals surface area contributed by atoms with Crippen LogP contribution in [0, 0.1) is 5.82 Å². The number of anilines is 1. The van der Waals surface area contributed by atoms with Crippen molar-refractivity contribution in [1.29, 1.82) is 0 Å². The van der Waals surface area contributed by atoms with Crippen LogP contribution in [0.15, 0.2) is 35.1 Å². The molecule has 0 amide bonds. The van der Waals surface area contributed by atoms with Gasteiger partial charge in [0.1, 0.15) is 29.0 Å². The lowest BCUT2D eigenvalue weighted by Gasteiger charge is -2.14. The van der Waals surface area contributed by atoms with Crippen LogP contribution in [0.5, 0.6) is 0 Å². The SMILES string of the molecule is CC[C@H](CO)Nc1ncnc2onc(-c3ccc(F)cc3)c12. The average Bonchev–Trinajstić information content (AvgIpc) is 2.98. The maximum Gasteiger partial charge on any atom is 0.263 e. The molecule has 0 unspecified atom stereocenters. The number of nitrogens with zero attached hydrogens (tertiary/aromatic N) is 3. The van der Waals surface area contributed by atoms with Crippen molar-refractivity contribution in [1.82, 2.24) is 15.1 Å². The van der Waals surface area contributed by atoms with E-state index in [9.17, 15) is 9.50 Å². The minimum atomic E-state index is -0.322. The second-order valence-corrected chi connectivity index (χ2v) is 4.87. The highest BCUT2D eigenvalue weighted by Crippen LogP contribution is 2.31. The van der Waals surface area contributed by atoms with Crippen LogP contribution < -0.4 is 5.32 Å². The molecule has 3 rings (SSSR count). The van der Waals surface area contributed by atoms with Crippen LogP contribution in [0.4, 0.5) is 10.2 Å². The molecule has 0 aliphatic heterocycles. The summed E-state index contributed by atoms with van der Waals surface area (Å²) in [5, 5.41) is 17.1. The number of fused-ring (bicyclic) bond motifs is 1. The third-order valence-corrected chi connectivity index (χ3v) is 3.44. The van der Waals surface area contributed by atoms with E-state index in [1.165, 1.54) is 18.5 Å². The number of rotatable bonds is 5. The van der Waals surface area contributed by atoms with Gasteiger partial charge >= 0.3 is 0 Å². The highest BCUT2D eigenvalue weighted by molar-refractivity contribution is 5.97. The van der Waals surface area contributed by atoms with Gasteiger partial charge in [0.25, 0.3) is 5.71 Å². The lowest BCUT2D eigenvalue weighted by Crippen LogP contribution is -2.23. The smallest absolute Gasteiger partial charge is 0.263 e. The molecule has 22 heavy (non-hydrogen) atoms.